The van der Waals surface area contributed by atoms with Gasteiger partial charge in [-0.25, -0.2) is 0 Å². The van der Waals surface area contributed by atoms with Gasteiger partial charge in [-0.3, -0.25) is 10.1 Å². The molecule has 0 aliphatic heterocycles. The molecule has 1 aromatic carbocycles. The van der Waals surface area contributed by atoms with Crippen LogP contribution in [0, 0.1) is 10.1 Å². The summed E-state index contributed by atoms with van der Waals surface area (Å²) in [6.45, 7) is 0.779. The lowest BCUT2D eigenvalue weighted by atomic mass is 10.3. The third-order valence-corrected chi connectivity index (χ3v) is 3.22. The van der Waals surface area contributed by atoms with Crippen molar-refractivity contribution in [2.45, 2.75) is 0 Å². The van der Waals surface area contributed by atoms with Gasteiger partial charge in [0.1, 0.15) is 5.75 Å². The maximum absolute atomic E-state index is 11.3. The van der Waals surface area contributed by atoms with Crippen LogP contribution < -0.4 is 21.1 Å². The maximum Gasteiger partial charge on any atom is 0.353 e. The van der Waals surface area contributed by atoms with Crippen LogP contribution in [0.2, 0.25) is 0 Å². The van der Waals surface area contributed by atoms with Gasteiger partial charge in [-0.1, -0.05) is 12.1 Å². The number of hydrogen-bond donors (Lipinski definition) is 4. The Labute approximate surface area is 149 Å². The van der Waals surface area contributed by atoms with Crippen LogP contribution in [-0.4, -0.2) is 53.5 Å². The van der Waals surface area contributed by atoms with Gasteiger partial charge in [0.05, 0.1) is 37.5 Å². The number of rotatable bonds is 10. The molecule has 11 heteroatoms. The zero-order chi connectivity index (χ0) is 18.9. The van der Waals surface area contributed by atoms with Crippen LogP contribution in [0.3, 0.4) is 0 Å². The Hall–Kier alpha value is -3.18. The molecule has 11 nitrogen and oxygen atoms in total. The molecule has 0 saturated heterocycles. The molecule has 0 amide bonds. The number of nitro groups is 1. The van der Waals surface area contributed by atoms with E-state index in [1.54, 1.807) is 24.3 Å². The van der Waals surface area contributed by atoms with Crippen molar-refractivity contribution in [1.29, 1.82) is 0 Å². The Kier molecular flexibility index (Phi) is 6.88. The zero-order valence-corrected chi connectivity index (χ0v) is 14.1. The summed E-state index contributed by atoms with van der Waals surface area (Å²) >= 11 is 0. The van der Waals surface area contributed by atoms with E-state index in [0.29, 0.717) is 24.6 Å². The molecule has 1 heterocycles. The molecule has 0 unspecified atom stereocenters. The predicted molar refractivity (Wildman–Crippen MR) is 95.8 cm³/mol. The molecule has 2 aromatic rings. The van der Waals surface area contributed by atoms with Crippen LogP contribution in [0.25, 0.3) is 0 Å². The van der Waals surface area contributed by atoms with Crippen LogP contribution in [0.5, 0.6) is 5.75 Å². The average molecular weight is 364 g/mol. The van der Waals surface area contributed by atoms with Gasteiger partial charge in [0.2, 0.25) is 17.6 Å². The summed E-state index contributed by atoms with van der Waals surface area (Å²) in [5.41, 5.74) is 5.79. The summed E-state index contributed by atoms with van der Waals surface area (Å²) in [5, 5.41) is 25.7. The van der Waals surface area contributed by atoms with E-state index in [1.807, 2.05) is 0 Å². The lowest BCUT2D eigenvalue weighted by molar-refractivity contribution is -0.383. The number of benzene rings is 1. The highest BCUT2D eigenvalue weighted by Gasteiger charge is 2.24. The maximum atomic E-state index is 11.3. The topological polar surface area (TPSA) is 158 Å². The van der Waals surface area contributed by atoms with E-state index >= 15 is 0 Å². The van der Waals surface area contributed by atoms with Crippen molar-refractivity contribution >= 4 is 29.0 Å². The van der Waals surface area contributed by atoms with Crippen molar-refractivity contribution < 1.29 is 19.5 Å². The standard InChI is InChI=1S/C15H20N6O5/c1-25-11-5-3-2-4-10(11)18-14-12(21(23)24)13(16)19-15(20-14)17-6-8-26-9-7-22/h2-5,22H,6-9H2,1H3,(H4,16,17,18,19,20). The van der Waals surface area contributed by atoms with Crippen molar-refractivity contribution in [2.24, 2.45) is 0 Å². The number of aliphatic hydroxyl groups excluding tert-OH is 1. The normalized spacial score (nSPS) is 10.4. The third-order valence-electron chi connectivity index (χ3n) is 3.22. The van der Waals surface area contributed by atoms with Gasteiger partial charge in [-0.15, -0.1) is 0 Å². The van der Waals surface area contributed by atoms with E-state index in [1.165, 1.54) is 7.11 Å². The summed E-state index contributed by atoms with van der Waals surface area (Å²) in [6, 6.07) is 6.91. The number of nitrogens with two attached hydrogens (primary N) is 1. The molecule has 0 aliphatic carbocycles. The van der Waals surface area contributed by atoms with Gasteiger partial charge in [-0.2, -0.15) is 9.97 Å². The van der Waals surface area contributed by atoms with Gasteiger partial charge in [0.25, 0.3) is 0 Å². The number of nitrogens with zero attached hydrogens (tertiary/aromatic N) is 3. The van der Waals surface area contributed by atoms with Crippen molar-refractivity contribution in [3.63, 3.8) is 0 Å². The second kappa shape index (κ2) is 9.34. The molecule has 26 heavy (non-hydrogen) atoms. The van der Waals surface area contributed by atoms with Crippen molar-refractivity contribution in [3.8, 4) is 5.75 Å². The molecule has 0 radical (unpaired) electrons. The monoisotopic (exact) mass is 364 g/mol. The van der Waals surface area contributed by atoms with Crippen LogP contribution in [0.1, 0.15) is 0 Å². The summed E-state index contributed by atoms with van der Waals surface area (Å²) in [7, 11) is 1.49. The van der Waals surface area contributed by atoms with Crippen LogP contribution in [0.15, 0.2) is 24.3 Å². The molecule has 0 saturated carbocycles. The summed E-state index contributed by atoms with van der Waals surface area (Å²) in [5.74, 6) is 0.260. The molecule has 140 valence electrons. The number of nitrogens with one attached hydrogen (secondary N) is 2. The SMILES string of the molecule is COc1ccccc1Nc1nc(NCCOCCO)nc(N)c1[N+](=O)[O-]. The predicted octanol–water partition coefficient (Wildman–Crippen LogP) is 1.14. The fourth-order valence-electron chi connectivity index (χ4n) is 2.10. The molecule has 0 spiro atoms. The molecule has 0 aliphatic rings. The molecular formula is C15H20N6O5. The van der Waals surface area contributed by atoms with Gasteiger partial charge in [0.15, 0.2) is 0 Å². The van der Waals surface area contributed by atoms with E-state index in [2.05, 4.69) is 20.6 Å². The summed E-state index contributed by atoms with van der Waals surface area (Å²) < 4.78 is 10.3. The van der Waals surface area contributed by atoms with E-state index in [4.69, 9.17) is 20.3 Å². The van der Waals surface area contributed by atoms with Gasteiger partial charge < -0.3 is 30.9 Å². The van der Waals surface area contributed by atoms with Crippen molar-refractivity contribution in [2.75, 3.05) is 49.8 Å². The average Bonchev–Trinajstić information content (AvgIpc) is 2.61. The van der Waals surface area contributed by atoms with E-state index < -0.39 is 10.6 Å². The lowest BCUT2D eigenvalue weighted by Crippen LogP contribution is -2.15. The van der Waals surface area contributed by atoms with E-state index in [0.717, 1.165) is 0 Å². The van der Waals surface area contributed by atoms with E-state index in [-0.39, 0.29) is 30.8 Å². The highest BCUT2D eigenvalue weighted by molar-refractivity contribution is 5.76. The smallest absolute Gasteiger partial charge is 0.353 e. The molecular weight excluding hydrogens is 344 g/mol. The van der Waals surface area contributed by atoms with Gasteiger partial charge in [0, 0.05) is 6.54 Å². The first-order chi connectivity index (χ1) is 12.6. The number of aliphatic hydroxyl groups is 1. The van der Waals surface area contributed by atoms with E-state index in [9.17, 15) is 10.1 Å². The number of anilines is 4. The molecule has 0 bridgehead atoms. The lowest BCUT2D eigenvalue weighted by Gasteiger charge is -2.12. The Balaban J connectivity index is 2.25. The first-order valence-electron chi connectivity index (χ1n) is 7.71. The Bertz CT molecular complexity index is 757. The van der Waals surface area contributed by atoms with Gasteiger partial charge >= 0.3 is 5.69 Å². The first kappa shape index (κ1) is 19.1. The van der Waals surface area contributed by atoms with Crippen LogP contribution >= 0.6 is 0 Å². The summed E-state index contributed by atoms with van der Waals surface area (Å²) in [4.78, 5) is 18.7. The van der Waals surface area contributed by atoms with Crippen LogP contribution in [-0.2, 0) is 4.74 Å². The number of methoxy groups -OCH3 is 1. The number of hydrogen-bond acceptors (Lipinski definition) is 10. The Morgan fingerprint density at radius 1 is 1.31 bits per heavy atom. The quantitative estimate of drug-likeness (QED) is 0.273. The fraction of sp³-hybridized carbons (Fsp3) is 0.333. The zero-order valence-electron chi connectivity index (χ0n) is 14.1. The number of para-hydroxylation sites is 2. The summed E-state index contributed by atoms with van der Waals surface area (Å²) in [6.07, 6.45) is 0. The third kappa shape index (κ3) is 4.91. The number of nitrogen functional groups attached to an aromatic ring is 1. The first-order valence-corrected chi connectivity index (χ1v) is 7.71. The highest BCUT2D eigenvalue weighted by Crippen LogP contribution is 2.34. The van der Waals surface area contributed by atoms with Crippen molar-refractivity contribution in [1.82, 2.24) is 9.97 Å². The minimum Gasteiger partial charge on any atom is -0.495 e. The fourth-order valence-corrected chi connectivity index (χ4v) is 2.10. The minimum atomic E-state index is -0.652. The number of ether oxygens (including phenoxy) is 2. The van der Waals surface area contributed by atoms with Crippen LogP contribution in [0.4, 0.5) is 29.0 Å². The van der Waals surface area contributed by atoms with Gasteiger partial charge in [-0.05, 0) is 12.1 Å². The molecule has 2 rings (SSSR count). The molecule has 1 aromatic heterocycles. The Morgan fingerprint density at radius 3 is 2.77 bits per heavy atom. The Morgan fingerprint density at radius 2 is 2.08 bits per heavy atom. The van der Waals surface area contributed by atoms with Crippen molar-refractivity contribution in [3.05, 3.63) is 34.4 Å². The second-order valence-corrected chi connectivity index (χ2v) is 4.97. The molecule has 5 N–H and O–H groups in total. The number of aromatic nitrogens is 2. The second-order valence-electron chi connectivity index (χ2n) is 4.97. The molecule has 0 fully saturated rings. The minimum absolute atomic E-state index is 0.0641. The highest BCUT2D eigenvalue weighted by atomic mass is 16.6. The molecule has 0 atom stereocenters. The largest absolute Gasteiger partial charge is 0.495 e.